The predicted molar refractivity (Wildman–Crippen MR) is 100 cm³/mol. The van der Waals surface area contributed by atoms with E-state index < -0.39 is 0 Å². The molecular weight excluding hydrogens is 380 g/mol. The number of ether oxygens (including phenoxy) is 1. The van der Waals surface area contributed by atoms with Crippen LogP contribution in [0, 0.1) is 34.5 Å². The van der Waals surface area contributed by atoms with E-state index in [0.717, 1.165) is 31.1 Å². The highest BCUT2D eigenvalue weighted by molar-refractivity contribution is 9.10. The van der Waals surface area contributed by atoms with Crippen LogP contribution in [-0.4, -0.2) is 22.7 Å². The molecule has 0 aromatic heterocycles. The second-order valence-electron chi connectivity index (χ2n) is 9.72. The second kappa shape index (κ2) is 6.07. The molecular formula is C21H31BrO3. The first-order valence-corrected chi connectivity index (χ1v) is 11.0. The first-order chi connectivity index (χ1) is 11.8. The fourth-order valence-corrected chi connectivity index (χ4v) is 8.29. The van der Waals surface area contributed by atoms with Gasteiger partial charge in [0.05, 0.1) is 4.83 Å². The van der Waals surface area contributed by atoms with Crippen molar-refractivity contribution in [2.75, 3.05) is 0 Å². The zero-order chi connectivity index (χ0) is 18.0. The molecule has 0 aromatic rings. The minimum Gasteiger partial charge on any atom is -0.462 e. The molecule has 8 atom stereocenters. The summed E-state index contributed by atoms with van der Waals surface area (Å²) < 4.78 is 5.74. The first-order valence-electron chi connectivity index (χ1n) is 10.1. The Hall–Kier alpha value is -0.380. The van der Waals surface area contributed by atoms with E-state index in [4.69, 9.17) is 4.74 Å². The molecule has 0 spiro atoms. The third-order valence-electron chi connectivity index (χ3n) is 8.70. The summed E-state index contributed by atoms with van der Waals surface area (Å²) in [6.45, 7) is 6.39. The maximum absolute atomic E-state index is 12.2. The quantitative estimate of drug-likeness (QED) is 0.455. The van der Waals surface area contributed by atoms with E-state index in [1.54, 1.807) is 6.92 Å². The minimum absolute atomic E-state index is 0.0539. The number of halogens is 1. The van der Waals surface area contributed by atoms with Crippen LogP contribution in [0.15, 0.2) is 0 Å². The van der Waals surface area contributed by atoms with Gasteiger partial charge in [0.25, 0.3) is 0 Å². The van der Waals surface area contributed by atoms with Crippen LogP contribution in [0.4, 0.5) is 0 Å². The zero-order valence-corrected chi connectivity index (χ0v) is 17.3. The van der Waals surface area contributed by atoms with Crippen LogP contribution in [-0.2, 0) is 14.3 Å². The van der Waals surface area contributed by atoms with Crippen LogP contribution < -0.4 is 0 Å². The van der Waals surface area contributed by atoms with Crippen LogP contribution in [0.3, 0.4) is 0 Å². The number of carbonyl (C=O) groups is 2. The van der Waals surface area contributed by atoms with Crippen LogP contribution >= 0.6 is 15.9 Å². The van der Waals surface area contributed by atoms with Crippen LogP contribution in [0.5, 0.6) is 0 Å². The monoisotopic (exact) mass is 410 g/mol. The maximum atomic E-state index is 12.2. The summed E-state index contributed by atoms with van der Waals surface area (Å²) in [7, 11) is 0. The summed E-state index contributed by atoms with van der Waals surface area (Å²) in [5, 5.41) is 0. The molecule has 0 aromatic carbocycles. The second-order valence-corrected chi connectivity index (χ2v) is 10.8. The molecule has 0 bridgehead atoms. The van der Waals surface area contributed by atoms with Crippen molar-refractivity contribution in [2.45, 2.75) is 83.1 Å². The molecule has 25 heavy (non-hydrogen) atoms. The van der Waals surface area contributed by atoms with Crippen molar-refractivity contribution in [3.8, 4) is 0 Å². The van der Waals surface area contributed by atoms with E-state index in [-0.39, 0.29) is 22.3 Å². The van der Waals surface area contributed by atoms with Gasteiger partial charge in [0.15, 0.2) is 0 Å². The number of carbonyl (C=O) groups excluding carboxylic acids is 2. The minimum atomic E-state index is -0.127. The van der Waals surface area contributed by atoms with Crippen LogP contribution in [0.2, 0.25) is 0 Å². The lowest BCUT2D eigenvalue weighted by Crippen LogP contribution is -2.55. The topological polar surface area (TPSA) is 43.4 Å². The molecule has 4 rings (SSSR count). The van der Waals surface area contributed by atoms with Crippen LogP contribution in [0.1, 0.15) is 72.1 Å². The van der Waals surface area contributed by atoms with Gasteiger partial charge in [0.2, 0.25) is 0 Å². The van der Waals surface area contributed by atoms with E-state index in [9.17, 15) is 9.59 Å². The Morgan fingerprint density at radius 1 is 1.08 bits per heavy atom. The summed E-state index contributed by atoms with van der Waals surface area (Å²) in [6, 6.07) is 0. The lowest BCUT2D eigenvalue weighted by Gasteiger charge is -2.60. The summed E-state index contributed by atoms with van der Waals surface area (Å²) in [4.78, 5) is 23.8. The average molecular weight is 411 g/mol. The zero-order valence-electron chi connectivity index (χ0n) is 15.7. The average Bonchev–Trinajstić information content (AvgIpc) is 2.85. The smallest absolute Gasteiger partial charge is 0.302 e. The molecule has 3 nitrogen and oxygen atoms in total. The maximum Gasteiger partial charge on any atom is 0.302 e. The van der Waals surface area contributed by atoms with Crippen molar-refractivity contribution in [3.05, 3.63) is 0 Å². The molecule has 4 aliphatic rings. The molecule has 140 valence electrons. The van der Waals surface area contributed by atoms with Gasteiger partial charge in [-0.05, 0) is 74.0 Å². The summed E-state index contributed by atoms with van der Waals surface area (Å²) in [5.41, 5.74) is 0.458. The highest BCUT2D eigenvalue weighted by Crippen LogP contribution is 2.66. The van der Waals surface area contributed by atoms with Crippen molar-refractivity contribution in [1.82, 2.24) is 0 Å². The number of hydrogen-bond acceptors (Lipinski definition) is 3. The van der Waals surface area contributed by atoms with E-state index in [0.29, 0.717) is 23.0 Å². The third-order valence-corrected chi connectivity index (χ3v) is 9.54. The van der Waals surface area contributed by atoms with Crippen molar-refractivity contribution < 1.29 is 14.3 Å². The summed E-state index contributed by atoms with van der Waals surface area (Å²) >= 11 is 3.66. The van der Waals surface area contributed by atoms with Crippen LogP contribution in [0.25, 0.3) is 0 Å². The number of esters is 1. The molecule has 0 amide bonds. The third kappa shape index (κ3) is 2.64. The van der Waals surface area contributed by atoms with Crippen molar-refractivity contribution in [3.63, 3.8) is 0 Å². The summed E-state index contributed by atoms with van der Waals surface area (Å²) in [6.07, 6.45) is 8.99. The molecule has 4 saturated carbocycles. The Kier molecular flexibility index (Phi) is 4.37. The van der Waals surface area contributed by atoms with Gasteiger partial charge in [-0.2, -0.15) is 0 Å². The van der Waals surface area contributed by atoms with Gasteiger partial charge in [-0.3, -0.25) is 9.59 Å². The highest BCUT2D eigenvalue weighted by atomic mass is 79.9. The number of Topliss-reactive ketones (excluding diaryl/α,β-unsaturated/α-hetero) is 1. The van der Waals surface area contributed by atoms with Gasteiger partial charge in [-0.25, -0.2) is 0 Å². The lowest BCUT2D eigenvalue weighted by molar-refractivity contribution is -0.161. The van der Waals surface area contributed by atoms with Gasteiger partial charge in [-0.15, -0.1) is 0 Å². The molecule has 0 heterocycles. The summed E-state index contributed by atoms with van der Waals surface area (Å²) in [5.74, 6) is 3.02. The van der Waals surface area contributed by atoms with Gasteiger partial charge in [0.1, 0.15) is 11.9 Å². The number of hydrogen-bond donors (Lipinski definition) is 0. The molecule has 0 unspecified atom stereocenters. The Morgan fingerprint density at radius 2 is 1.80 bits per heavy atom. The highest BCUT2D eigenvalue weighted by Gasteiger charge is 2.61. The number of rotatable bonds is 1. The molecule has 0 N–H and O–H groups in total. The van der Waals surface area contributed by atoms with Crippen molar-refractivity contribution in [2.24, 2.45) is 34.5 Å². The molecule has 4 heteroatoms. The van der Waals surface area contributed by atoms with E-state index in [1.807, 2.05) is 0 Å². The van der Waals surface area contributed by atoms with Crippen molar-refractivity contribution >= 4 is 27.7 Å². The standard InChI is InChI=1S/C21H31BrO3/c1-12(23)25-19-7-6-15-14-5-4-13-10-18(24)17(22)11-21(13,3)16(14)8-9-20(15,19)2/h13-17,19H,4-11H2,1-3H3/t13-,14-,15+,16-,17+,19+,20-,21-/m0/s1. The molecule has 4 fully saturated rings. The van der Waals surface area contributed by atoms with E-state index >= 15 is 0 Å². The largest absolute Gasteiger partial charge is 0.462 e. The molecule has 0 aliphatic heterocycles. The van der Waals surface area contributed by atoms with Gasteiger partial charge in [0, 0.05) is 18.8 Å². The Labute approximate surface area is 159 Å². The molecule has 0 radical (unpaired) electrons. The van der Waals surface area contributed by atoms with E-state index in [1.165, 1.54) is 32.1 Å². The fraction of sp³-hybridized carbons (Fsp3) is 0.905. The van der Waals surface area contributed by atoms with E-state index in [2.05, 4.69) is 29.8 Å². The number of fused-ring (bicyclic) bond motifs is 5. The Bertz CT molecular complexity index is 590. The number of alkyl halides is 1. The van der Waals surface area contributed by atoms with Crippen molar-refractivity contribution in [1.29, 1.82) is 0 Å². The number of ketones is 1. The first kappa shape index (κ1) is 18.0. The van der Waals surface area contributed by atoms with Gasteiger partial charge >= 0.3 is 5.97 Å². The SMILES string of the molecule is CC(=O)O[C@@H]1CC[C@@H]2[C@@H]3CC[C@H]4CC(=O)[C@H](Br)C[C@]4(C)[C@H]3CC[C@@]21C. The molecule has 0 saturated heterocycles. The van der Waals surface area contributed by atoms with Gasteiger partial charge in [-0.1, -0.05) is 29.8 Å². The Morgan fingerprint density at radius 3 is 2.52 bits per heavy atom. The molecule has 4 aliphatic carbocycles. The fourth-order valence-electron chi connectivity index (χ4n) is 7.40. The Balaban J connectivity index is 1.59. The normalized spacial score (nSPS) is 52.1. The van der Waals surface area contributed by atoms with Gasteiger partial charge < -0.3 is 4.74 Å². The lowest BCUT2D eigenvalue weighted by atomic mass is 9.45. The predicted octanol–water partition coefficient (Wildman–Crippen LogP) is 4.90.